The van der Waals surface area contributed by atoms with Gasteiger partial charge in [0.2, 0.25) is 0 Å². The molecule has 0 aromatic heterocycles. The van der Waals surface area contributed by atoms with E-state index in [1.165, 1.54) is 25.7 Å². The Hall–Kier alpha value is 0. The van der Waals surface area contributed by atoms with Crippen LogP contribution in [-0.2, 0) is 0 Å². The van der Waals surface area contributed by atoms with Crippen LogP contribution in [0.25, 0.3) is 0 Å². The lowest BCUT2D eigenvalue weighted by atomic mass is 9.50. The summed E-state index contributed by atoms with van der Waals surface area (Å²) in [5, 5.41) is 0. The molecule has 0 heterocycles. The summed E-state index contributed by atoms with van der Waals surface area (Å²) in [7, 11) is 0. The second kappa shape index (κ2) is 9.63. The summed E-state index contributed by atoms with van der Waals surface area (Å²) in [6.45, 7) is 29.7. The molecule has 0 radical (unpaired) electrons. The standard InChI is InChI=1S/C24H50/c1-13-23(11,14-2)21(19(9)17(5)6)22(20(10)18(7)8)24(12,15-3)16-4/h17-22H,13-16H2,1-12H3. The molecule has 0 aliphatic heterocycles. The molecule has 4 atom stereocenters. The number of hydrogen-bond acceptors (Lipinski definition) is 0. The van der Waals surface area contributed by atoms with Crippen LogP contribution in [0, 0.1) is 46.3 Å². The smallest absolute Gasteiger partial charge is 0.0296 e. The van der Waals surface area contributed by atoms with Gasteiger partial charge in [-0.15, -0.1) is 0 Å². The highest BCUT2D eigenvalue weighted by molar-refractivity contribution is 4.97. The van der Waals surface area contributed by atoms with Crippen molar-refractivity contribution in [2.45, 2.75) is 109 Å². The summed E-state index contributed by atoms with van der Waals surface area (Å²) in [6, 6.07) is 0. The van der Waals surface area contributed by atoms with Crippen molar-refractivity contribution in [2.75, 3.05) is 0 Å². The van der Waals surface area contributed by atoms with Gasteiger partial charge in [0.1, 0.15) is 0 Å². The maximum absolute atomic E-state index is 2.59. The van der Waals surface area contributed by atoms with Crippen LogP contribution in [0.3, 0.4) is 0 Å². The van der Waals surface area contributed by atoms with Crippen LogP contribution in [0.2, 0.25) is 0 Å². The topological polar surface area (TPSA) is 0 Å². The van der Waals surface area contributed by atoms with Crippen molar-refractivity contribution >= 4 is 0 Å². The highest BCUT2D eigenvalue weighted by atomic mass is 14.5. The average molecular weight is 339 g/mol. The van der Waals surface area contributed by atoms with Crippen molar-refractivity contribution in [1.82, 2.24) is 0 Å². The molecule has 0 amide bonds. The lowest BCUT2D eigenvalue weighted by Crippen LogP contribution is -2.48. The molecule has 0 aromatic rings. The Kier molecular flexibility index (Phi) is 9.63. The molecular weight excluding hydrogens is 288 g/mol. The third kappa shape index (κ3) is 5.01. The first-order valence-corrected chi connectivity index (χ1v) is 11.0. The van der Waals surface area contributed by atoms with Gasteiger partial charge in [-0.25, -0.2) is 0 Å². The van der Waals surface area contributed by atoms with E-state index in [1.54, 1.807) is 0 Å². The molecule has 0 aliphatic carbocycles. The zero-order valence-corrected chi connectivity index (χ0v) is 19.3. The lowest BCUT2D eigenvalue weighted by molar-refractivity contribution is -0.0624. The molecule has 0 saturated heterocycles. The van der Waals surface area contributed by atoms with Crippen molar-refractivity contribution in [3.8, 4) is 0 Å². The van der Waals surface area contributed by atoms with Gasteiger partial charge in [-0.2, -0.15) is 0 Å². The summed E-state index contributed by atoms with van der Waals surface area (Å²) < 4.78 is 0. The predicted octanol–water partition coefficient (Wildman–Crippen LogP) is 8.46. The van der Waals surface area contributed by atoms with Crippen LogP contribution in [0.5, 0.6) is 0 Å². The summed E-state index contributed by atoms with van der Waals surface area (Å²) in [5.74, 6) is 4.67. The van der Waals surface area contributed by atoms with E-state index in [4.69, 9.17) is 0 Å². The summed E-state index contributed by atoms with van der Waals surface area (Å²) in [6.07, 6.45) is 5.21. The third-order valence-corrected chi connectivity index (χ3v) is 8.46. The fourth-order valence-corrected chi connectivity index (χ4v) is 5.06. The highest BCUT2D eigenvalue weighted by Gasteiger charge is 2.49. The SMILES string of the molecule is CCC(C)(CC)C(C(C)C(C)C)C(C(C)C(C)C)C(C)(CC)CC. The Balaban J connectivity index is 6.36. The molecule has 24 heavy (non-hydrogen) atoms. The average Bonchev–Trinajstić information content (AvgIpc) is 2.56. The number of hydrogen-bond donors (Lipinski definition) is 0. The van der Waals surface area contributed by atoms with Gasteiger partial charge in [0.05, 0.1) is 0 Å². The summed E-state index contributed by atoms with van der Waals surface area (Å²) in [5.41, 5.74) is 0.895. The first kappa shape index (κ1) is 24.0. The van der Waals surface area contributed by atoms with Gasteiger partial charge in [-0.3, -0.25) is 0 Å². The van der Waals surface area contributed by atoms with E-state index in [1.807, 2.05) is 0 Å². The Bertz CT molecular complexity index is 296. The quantitative estimate of drug-likeness (QED) is 0.354. The normalized spacial score (nSPS) is 18.8. The van der Waals surface area contributed by atoms with Crippen molar-refractivity contribution in [3.05, 3.63) is 0 Å². The van der Waals surface area contributed by atoms with Crippen molar-refractivity contribution in [3.63, 3.8) is 0 Å². The molecule has 0 nitrogen and oxygen atoms in total. The Morgan fingerprint density at radius 1 is 0.500 bits per heavy atom. The highest BCUT2D eigenvalue weighted by Crippen LogP contribution is 2.56. The molecule has 0 N–H and O–H groups in total. The first-order valence-electron chi connectivity index (χ1n) is 11.0. The molecule has 0 spiro atoms. The van der Waals surface area contributed by atoms with E-state index in [-0.39, 0.29) is 0 Å². The second-order valence-electron chi connectivity index (χ2n) is 9.98. The van der Waals surface area contributed by atoms with E-state index in [9.17, 15) is 0 Å². The van der Waals surface area contributed by atoms with Crippen LogP contribution < -0.4 is 0 Å². The van der Waals surface area contributed by atoms with Crippen LogP contribution in [-0.4, -0.2) is 0 Å². The predicted molar refractivity (Wildman–Crippen MR) is 112 cm³/mol. The van der Waals surface area contributed by atoms with Gasteiger partial charge >= 0.3 is 0 Å². The van der Waals surface area contributed by atoms with E-state index in [2.05, 4.69) is 83.1 Å². The van der Waals surface area contributed by atoms with Gasteiger partial charge in [0.15, 0.2) is 0 Å². The molecule has 0 heteroatoms. The molecule has 0 fully saturated rings. The fourth-order valence-electron chi connectivity index (χ4n) is 5.06. The minimum atomic E-state index is 0.448. The molecular formula is C24H50. The van der Waals surface area contributed by atoms with Gasteiger partial charge in [0.25, 0.3) is 0 Å². The molecule has 0 saturated carbocycles. The van der Waals surface area contributed by atoms with E-state index in [0.717, 1.165) is 35.5 Å². The van der Waals surface area contributed by atoms with Crippen molar-refractivity contribution < 1.29 is 0 Å². The van der Waals surface area contributed by atoms with Crippen LogP contribution in [0.15, 0.2) is 0 Å². The molecule has 0 aliphatic rings. The maximum atomic E-state index is 2.59. The van der Waals surface area contributed by atoms with Gasteiger partial charge in [-0.1, -0.05) is 109 Å². The molecule has 146 valence electrons. The Morgan fingerprint density at radius 2 is 0.708 bits per heavy atom. The summed E-state index contributed by atoms with van der Waals surface area (Å²) in [4.78, 5) is 0. The Labute approximate surface area is 155 Å². The molecule has 0 rings (SSSR count). The molecule has 4 unspecified atom stereocenters. The zero-order chi connectivity index (χ0) is 19.3. The van der Waals surface area contributed by atoms with Gasteiger partial charge in [-0.05, 0) is 46.3 Å². The minimum Gasteiger partial charge on any atom is -0.0649 e. The first-order chi connectivity index (χ1) is 11.0. The van der Waals surface area contributed by atoms with E-state index >= 15 is 0 Å². The third-order valence-electron chi connectivity index (χ3n) is 8.46. The van der Waals surface area contributed by atoms with Crippen LogP contribution in [0.1, 0.15) is 109 Å². The monoisotopic (exact) mass is 338 g/mol. The van der Waals surface area contributed by atoms with Gasteiger partial charge in [0, 0.05) is 0 Å². The maximum Gasteiger partial charge on any atom is -0.0296 e. The van der Waals surface area contributed by atoms with Crippen molar-refractivity contribution in [1.29, 1.82) is 0 Å². The largest absolute Gasteiger partial charge is 0.0649 e. The fraction of sp³-hybridized carbons (Fsp3) is 1.00. The minimum absolute atomic E-state index is 0.448. The Morgan fingerprint density at radius 3 is 0.833 bits per heavy atom. The molecule has 0 bridgehead atoms. The van der Waals surface area contributed by atoms with Crippen LogP contribution in [0.4, 0.5) is 0 Å². The van der Waals surface area contributed by atoms with E-state index in [0.29, 0.717) is 10.8 Å². The molecule has 0 aromatic carbocycles. The van der Waals surface area contributed by atoms with Gasteiger partial charge < -0.3 is 0 Å². The second-order valence-corrected chi connectivity index (χ2v) is 9.98. The van der Waals surface area contributed by atoms with Crippen molar-refractivity contribution in [2.24, 2.45) is 46.3 Å². The van der Waals surface area contributed by atoms with E-state index < -0.39 is 0 Å². The zero-order valence-electron chi connectivity index (χ0n) is 19.3. The summed E-state index contributed by atoms with van der Waals surface area (Å²) >= 11 is 0. The lowest BCUT2D eigenvalue weighted by Gasteiger charge is -2.55. The van der Waals surface area contributed by atoms with Crippen LogP contribution >= 0.6 is 0 Å². The number of rotatable bonds is 11.